The molecule has 0 spiro atoms. The molecule has 0 bridgehead atoms. The minimum absolute atomic E-state index is 0.162. The number of carbonyl (C=O) groups excluding carboxylic acids is 2. The standard InChI is InChI=1S/C20H24N2O3/c1-4-18(16-8-6-5-7-9-16)20(24)22-21-19(23)13-25-17-11-10-14(2)15(3)12-17/h5-12,18H,4,13H2,1-3H3,(H,21,23)(H,22,24). The molecule has 132 valence electrons. The highest BCUT2D eigenvalue weighted by Gasteiger charge is 2.18. The fourth-order valence-corrected chi connectivity index (χ4v) is 2.46. The molecule has 0 aliphatic heterocycles. The van der Waals surface area contributed by atoms with Gasteiger partial charge >= 0.3 is 0 Å². The fourth-order valence-electron chi connectivity index (χ4n) is 2.46. The van der Waals surface area contributed by atoms with Crippen molar-refractivity contribution in [1.82, 2.24) is 10.9 Å². The van der Waals surface area contributed by atoms with E-state index in [4.69, 9.17) is 4.74 Å². The third-order valence-corrected chi connectivity index (χ3v) is 4.10. The van der Waals surface area contributed by atoms with Crippen LogP contribution in [-0.2, 0) is 9.59 Å². The summed E-state index contributed by atoms with van der Waals surface area (Å²) in [5, 5.41) is 0. The van der Waals surface area contributed by atoms with Crippen LogP contribution in [-0.4, -0.2) is 18.4 Å². The molecule has 2 amide bonds. The largest absolute Gasteiger partial charge is 0.484 e. The van der Waals surface area contributed by atoms with Crippen molar-refractivity contribution in [1.29, 1.82) is 0 Å². The Balaban J connectivity index is 1.82. The predicted octanol–water partition coefficient (Wildman–Crippen LogP) is 3.02. The van der Waals surface area contributed by atoms with Gasteiger partial charge in [0.05, 0.1) is 5.92 Å². The Morgan fingerprint density at radius 1 is 1.00 bits per heavy atom. The normalized spacial score (nSPS) is 11.5. The van der Waals surface area contributed by atoms with Crippen molar-refractivity contribution in [3.8, 4) is 5.75 Å². The Morgan fingerprint density at radius 3 is 2.36 bits per heavy atom. The van der Waals surface area contributed by atoms with Gasteiger partial charge < -0.3 is 4.74 Å². The fraction of sp³-hybridized carbons (Fsp3) is 0.300. The Kier molecular flexibility index (Phi) is 6.57. The van der Waals surface area contributed by atoms with Crippen LogP contribution < -0.4 is 15.6 Å². The first-order chi connectivity index (χ1) is 12.0. The first kappa shape index (κ1) is 18.5. The van der Waals surface area contributed by atoms with E-state index in [9.17, 15) is 9.59 Å². The maximum absolute atomic E-state index is 12.3. The SMILES string of the molecule is CCC(C(=O)NNC(=O)COc1ccc(C)c(C)c1)c1ccccc1. The van der Waals surface area contributed by atoms with Gasteiger partial charge in [0.15, 0.2) is 6.61 Å². The van der Waals surface area contributed by atoms with E-state index in [-0.39, 0.29) is 18.4 Å². The van der Waals surface area contributed by atoms with E-state index < -0.39 is 5.91 Å². The molecule has 0 heterocycles. The van der Waals surface area contributed by atoms with E-state index in [2.05, 4.69) is 10.9 Å². The Hall–Kier alpha value is -2.82. The van der Waals surface area contributed by atoms with Gasteiger partial charge in [0.2, 0.25) is 5.91 Å². The van der Waals surface area contributed by atoms with Crippen LogP contribution in [0.2, 0.25) is 0 Å². The maximum atomic E-state index is 12.3. The molecule has 0 radical (unpaired) electrons. The quantitative estimate of drug-likeness (QED) is 0.794. The maximum Gasteiger partial charge on any atom is 0.276 e. The summed E-state index contributed by atoms with van der Waals surface area (Å²) in [7, 11) is 0. The monoisotopic (exact) mass is 340 g/mol. The average Bonchev–Trinajstić information content (AvgIpc) is 2.62. The molecule has 0 aromatic heterocycles. The number of hydrogen-bond donors (Lipinski definition) is 2. The zero-order valence-corrected chi connectivity index (χ0v) is 14.8. The molecule has 0 saturated carbocycles. The summed E-state index contributed by atoms with van der Waals surface area (Å²) >= 11 is 0. The number of rotatable bonds is 6. The number of aryl methyl sites for hydroxylation is 2. The van der Waals surface area contributed by atoms with Crippen LogP contribution in [0.25, 0.3) is 0 Å². The molecule has 0 aliphatic rings. The molecule has 5 heteroatoms. The second-order valence-corrected chi connectivity index (χ2v) is 5.94. The van der Waals surface area contributed by atoms with Gasteiger partial charge in [0.1, 0.15) is 5.75 Å². The number of carbonyl (C=O) groups is 2. The second kappa shape index (κ2) is 8.87. The topological polar surface area (TPSA) is 67.4 Å². The predicted molar refractivity (Wildman–Crippen MR) is 97.2 cm³/mol. The number of amides is 2. The van der Waals surface area contributed by atoms with Gasteiger partial charge in [-0.05, 0) is 49.1 Å². The highest BCUT2D eigenvalue weighted by atomic mass is 16.5. The lowest BCUT2D eigenvalue weighted by atomic mass is 9.96. The minimum atomic E-state index is -0.408. The molecular weight excluding hydrogens is 316 g/mol. The van der Waals surface area contributed by atoms with Gasteiger partial charge in [-0.15, -0.1) is 0 Å². The lowest BCUT2D eigenvalue weighted by molar-refractivity contribution is -0.130. The van der Waals surface area contributed by atoms with Crippen LogP contribution in [0.1, 0.15) is 36.0 Å². The molecule has 2 aromatic rings. The van der Waals surface area contributed by atoms with Gasteiger partial charge in [-0.2, -0.15) is 0 Å². The summed E-state index contributed by atoms with van der Waals surface area (Å²) in [6.07, 6.45) is 0.644. The van der Waals surface area contributed by atoms with Gasteiger partial charge in [-0.1, -0.05) is 43.3 Å². The lowest BCUT2D eigenvalue weighted by Gasteiger charge is -2.16. The Labute approximate surface area is 148 Å². The van der Waals surface area contributed by atoms with Gasteiger partial charge in [-0.3, -0.25) is 20.4 Å². The van der Waals surface area contributed by atoms with E-state index in [1.54, 1.807) is 0 Å². The number of hydrazine groups is 1. The smallest absolute Gasteiger partial charge is 0.276 e. The first-order valence-electron chi connectivity index (χ1n) is 8.35. The van der Waals surface area contributed by atoms with E-state index in [1.807, 2.05) is 69.3 Å². The molecule has 2 aromatic carbocycles. The zero-order valence-electron chi connectivity index (χ0n) is 14.8. The van der Waals surface area contributed by atoms with Crippen LogP contribution in [0.15, 0.2) is 48.5 Å². The number of ether oxygens (including phenoxy) is 1. The van der Waals surface area contributed by atoms with Crippen molar-refractivity contribution in [2.75, 3.05) is 6.61 Å². The summed E-state index contributed by atoms with van der Waals surface area (Å²) in [6.45, 7) is 5.77. The summed E-state index contributed by atoms with van der Waals surface area (Å²) in [5.74, 6) is -0.329. The van der Waals surface area contributed by atoms with Crippen LogP contribution >= 0.6 is 0 Å². The molecule has 5 nitrogen and oxygen atoms in total. The summed E-state index contributed by atoms with van der Waals surface area (Å²) in [5.41, 5.74) is 8.05. The van der Waals surface area contributed by atoms with Gasteiger partial charge in [-0.25, -0.2) is 0 Å². The van der Waals surface area contributed by atoms with E-state index in [0.717, 1.165) is 16.7 Å². The summed E-state index contributed by atoms with van der Waals surface area (Å²) in [6, 6.07) is 15.1. The molecule has 0 saturated heterocycles. The molecule has 25 heavy (non-hydrogen) atoms. The van der Waals surface area contributed by atoms with Crippen LogP contribution in [0, 0.1) is 13.8 Å². The molecular formula is C20H24N2O3. The van der Waals surface area contributed by atoms with Crippen molar-refractivity contribution in [3.63, 3.8) is 0 Å². The van der Waals surface area contributed by atoms with Gasteiger partial charge in [0.25, 0.3) is 5.91 Å². The lowest BCUT2D eigenvalue weighted by Crippen LogP contribution is -2.45. The number of benzene rings is 2. The first-order valence-corrected chi connectivity index (χ1v) is 8.35. The highest BCUT2D eigenvalue weighted by molar-refractivity contribution is 5.86. The second-order valence-electron chi connectivity index (χ2n) is 5.94. The molecule has 0 fully saturated rings. The number of nitrogens with one attached hydrogen (secondary N) is 2. The molecule has 1 atom stereocenters. The van der Waals surface area contributed by atoms with E-state index in [0.29, 0.717) is 12.2 Å². The third-order valence-electron chi connectivity index (χ3n) is 4.10. The summed E-state index contributed by atoms with van der Waals surface area (Å²) in [4.78, 5) is 24.1. The van der Waals surface area contributed by atoms with Crippen molar-refractivity contribution < 1.29 is 14.3 Å². The van der Waals surface area contributed by atoms with E-state index >= 15 is 0 Å². The average molecular weight is 340 g/mol. The van der Waals surface area contributed by atoms with E-state index in [1.165, 1.54) is 0 Å². The number of hydrogen-bond acceptors (Lipinski definition) is 3. The highest BCUT2D eigenvalue weighted by Crippen LogP contribution is 2.19. The van der Waals surface area contributed by atoms with Crippen molar-refractivity contribution in [3.05, 3.63) is 65.2 Å². The van der Waals surface area contributed by atoms with Crippen molar-refractivity contribution in [2.24, 2.45) is 0 Å². The minimum Gasteiger partial charge on any atom is -0.484 e. The Bertz CT molecular complexity index is 729. The van der Waals surface area contributed by atoms with Crippen molar-refractivity contribution in [2.45, 2.75) is 33.1 Å². The molecule has 1 unspecified atom stereocenters. The molecule has 2 N–H and O–H groups in total. The molecule has 0 aliphatic carbocycles. The van der Waals surface area contributed by atoms with Crippen LogP contribution in [0.5, 0.6) is 5.75 Å². The van der Waals surface area contributed by atoms with Crippen molar-refractivity contribution >= 4 is 11.8 Å². The Morgan fingerprint density at radius 2 is 1.72 bits per heavy atom. The third kappa shape index (κ3) is 5.35. The van der Waals surface area contributed by atoms with Crippen LogP contribution in [0.3, 0.4) is 0 Å². The zero-order chi connectivity index (χ0) is 18.2. The summed E-state index contributed by atoms with van der Waals surface area (Å²) < 4.78 is 5.44. The molecule has 2 rings (SSSR count). The van der Waals surface area contributed by atoms with Gasteiger partial charge in [0, 0.05) is 0 Å². The van der Waals surface area contributed by atoms with Crippen LogP contribution in [0.4, 0.5) is 0 Å².